The van der Waals surface area contributed by atoms with Crippen molar-refractivity contribution in [2.75, 3.05) is 26.2 Å². The number of hydrogen-bond acceptors (Lipinski definition) is 4. The highest BCUT2D eigenvalue weighted by atomic mass is 16.5. The molecule has 1 atom stereocenters. The maximum atomic E-state index is 12.6. The lowest BCUT2D eigenvalue weighted by molar-refractivity contribution is -0.127. The van der Waals surface area contributed by atoms with Crippen molar-refractivity contribution in [2.45, 2.75) is 18.9 Å². The normalized spacial score (nSPS) is 16.0. The van der Waals surface area contributed by atoms with Gasteiger partial charge in [-0.05, 0) is 23.8 Å². The van der Waals surface area contributed by atoms with Crippen LogP contribution in [0.2, 0.25) is 0 Å². The number of para-hydroxylation sites is 1. The van der Waals surface area contributed by atoms with Crippen LogP contribution in [-0.4, -0.2) is 39.1 Å². The summed E-state index contributed by atoms with van der Waals surface area (Å²) < 4.78 is 10.7. The van der Waals surface area contributed by atoms with E-state index in [4.69, 9.17) is 9.47 Å². The number of ether oxygens (including phenoxy) is 2. The molecule has 1 aliphatic rings. The summed E-state index contributed by atoms with van der Waals surface area (Å²) in [6, 6.07) is 12.5. The van der Waals surface area contributed by atoms with Crippen molar-refractivity contribution in [3.63, 3.8) is 0 Å². The molecule has 136 valence electrons. The summed E-state index contributed by atoms with van der Waals surface area (Å²) in [6.45, 7) is 0. The first kappa shape index (κ1) is 17.8. The fourth-order valence-corrected chi connectivity index (χ4v) is 3.29. The van der Waals surface area contributed by atoms with Crippen LogP contribution in [0.25, 0.3) is 0 Å². The second-order valence-electron chi connectivity index (χ2n) is 6.17. The lowest BCUT2D eigenvalue weighted by Gasteiger charge is -2.32. The Hall–Kier alpha value is -3.02. The molecule has 0 radical (unpaired) electrons. The highest BCUT2D eigenvalue weighted by Gasteiger charge is 2.31. The average molecular weight is 354 g/mol. The average Bonchev–Trinajstić information content (AvgIpc) is 2.66. The van der Waals surface area contributed by atoms with Crippen molar-refractivity contribution in [2.24, 2.45) is 0 Å². The highest BCUT2D eigenvalue weighted by molar-refractivity contribution is 6.01. The van der Waals surface area contributed by atoms with Crippen molar-refractivity contribution in [3.8, 4) is 11.5 Å². The molecule has 1 N–H and O–H groups in total. The first-order chi connectivity index (χ1) is 12.5. The van der Waals surface area contributed by atoms with Gasteiger partial charge < -0.3 is 19.7 Å². The third kappa shape index (κ3) is 3.35. The van der Waals surface area contributed by atoms with Gasteiger partial charge in [0, 0.05) is 24.7 Å². The van der Waals surface area contributed by atoms with E-state index in [9.17, 15) is 9.59 Å². The van der Waals surface area contributed by atoms with Crippen LogP contribution in [0.1, 0.15) is 11.1 Å². The number of methoxy groups -OCH3 is 2. The Morgan fingerprint density at radius 1 is 1.12 bits per heavy atom. The number of nitrogens with zero attached hydrogens (tertiary/aromatic N) is 1. The van der Waals surface area contributed by atoms with E-state index >= 15 is 0 Å². The molecule has 6 heteroatoms. The van der Waals surface area contributed by atoms with Gasteiger partial charge in [-0.2, -0.15) is 0 Å². The van der Waals surface area contributed by atoms with Crippen LogP contribution < -0.4 is 19.7 Å². The van der Waals surface area contributed by atoms with Gasteiger partial charge >= 0.3 is 0 Å². The summed E-state index contributed by atoms with van der Waals surface area (Å²) in [5.74, 6) is 0.789. The number of fused-ring (bicyclic) bond motifs is 1. The van der Waals surface area contributed by atoms with Gasteiger partial charge in [0.25, 0.3) is 0 Å². The second-order valence-corrected chi connectivity index (χ2v) is 6.17. The van der Waals surface area contributed by atoms with Gasteiger partial charge in [-0.25, -0.2) is 0 Å². The molecule has 0 aliphatic carbocycles. The van der Waals surface area contributed by atoms with Crippen molar-refractivity contribution < 1.29 is 19.1 Å². The number of anilines is 1. The van der Waals surface area contributed by atoms with Crippen LogP contribution in [0.15, 0.2) is 42.5 Å². The molecular weight excluding hydrogens is 332 g/mol. The molecule has 0 saturated heterocycles. The van der Waals surface area contributed by atoms with Crippen LogP contribution in [0.4, 0.5) is 5.69 Å². The minimum atomic E-state index is -0.580. The van der Waals surface area contributed by atoms with E-state index < -0.39 is 6.04 Å². The monoisotopic (exact) mass is 354 g/mol. The third-order valence-corrected chi connectivity index (χ3v) is 4.61. The number of nitrogens with one attached hydrogen (secondary N) is 1. The summed E-state index contributed by atoms with van der Waals surface area (Å²) in [6.07, 6.45) is 0.552. The SMILES string of the molecule is COc1cccc(OC)c1CC(=O)NC1Cc2ccccc2N(C)C1=O. The van der Waals surface area contributed by atoms with E-state index in [1.165, 1.54) is 0 Å². The van der Waals surface area contributed by atoms with E-state index in [0.717, 1.165) is 11.3 Å². The molecule has 2 amide bonds. The molecule has 0 spiro atoms. The summed E-state index contributed by atoms with van der Waals surface area (Å²) in [4.78, 5) is 26.8. The predicted octanol–water partition coefficient (Wildman–Crippen LogP) is 1.95. The highest BCUT2D eigenvalue weighted by Crippen LogP contribution is 2.29. The van der Waals surface area contributed by atoms with Crippen molar-refractivity contribution in [1.82, 2.24) is 5.32 Å². The molecule has 26 heavy (non-hydrogen) atoms. The van der Waals surface area contributed by atoms with Gasteiger partial charge in [-0.3, -0.25) is 9.59 Å². The Morgan fingerprint density at radius 2 is 1.77 bits per heavy atom. The van der Waals surface area contributed by atoms with Crippen LogP contribution in [-0.2, 0) is 22.4 Å². The first-order valence-electron chi connectivity index (χ1n) is 8.40. The zero-order valence-electron chi connectivity index (χ0n) is 15.1. The molecule has 1 unspecified atom stereocenters. The molecule has 6 nitrogen and oxygen atoms in total. The van der Waals surface area contributed by atoms with Crippen LogP contribution in [0.3, 0.4) is 0 Å². The number of carbonyl (C=O) groups is 2. The second kappa shape index (κ2) is 7.47. The maximum Gasteiger partial charge on any atom is 0.249 e. The fourth-order valence-electron chi connectivity index (χ4n) is 3.29. The Labute approximate surface area is 152 Å². The number of rotatable bonds is 5. The maximum absolute atomic E-state index is 12.6. The molecule has 1 heterocycles. The third-order valence-electron chi connectivity index (χ3n) is 4.61. The lowest BCUT2D eigenvalue weighted by Crippen LogP contribution is -2.51. The molecule has 2 aromatic rings. The molecule has 3 rings (SSSR count). The van der Waals surface area contributed by atoms with E-state index in [0.29, 0.717) is 23.5 Å². The summed E-state index contributed by atoms with van der Waals surface area (Å²) in [7, 11) is 4.82. The van der Waals surface area contributed by atoms with Crippen LogP contribution in [0, 0.1) is 0 Å². The largest absolute Gasteiger partial charge is 0.496 e. The van der Waals surface area contributed by atoms with E-state index in [1.54, 1.807) is 44.4 Å². The summed E-state index contributed by atoms with van der Waals surface area (Å²) >= 11 is 0. The molecule has 0 fully saturated rings. The van der Waals surface area contributed by atoms with E-state index in [2.05, 4.69) is 5.32 Å². The number of likely N-dealkylation sites (N-methyl/N-ethyl adjacent to an activating group) is 1. The van der Waals surface area contributed by atoms with Gasteiger partial charge in [0.15, 0.2) is 0 Å². The van der Waals surface area contributed by atoms with Gasteiger partial charge in [0.2, 0.25) is 11.8 Å². The molecule has 1 aliphatic heterocycles. The minimum Gasteiger partial charge on any atom is -0.496 e. The predicted molar refractivity (Wildman–Crippen MR) is 98.7 cm³/mol. The summed E-state index contributed by atoms with van der Waals surface area (Å²) in [5.41, 5.74) is 2.58. The topological polar surface area (TPSA) is 67.9 Å². The van der Waals surface area contributed by atoms with Gasteiger partial charge in [-0.1, -0.05) is 24.3 Å². The Morgan fingerprint density at radius 3 is 2.42 bits per heavy atom. The van der Waals surface area contributed by atoms with E-state index in [-0.39, 0.29) is 18.2 Å². The molecule has 0 aromatic heterocycles. The van der Waals surface area contributed by atoms with Crippen molar-refractivity contribution in [1.29, 1.82) is 0 Å². The number of amides is 2. The van der Waals surface area contributed by atoms with Gasteiger partial charge in [0.05, 0.1) is 20.6 Å². The van der Waals surface area contributed by atoms with Crippen LogP contribution >= 0.6 is 0 Å². The number of carbonyl (C=O) groups excluding carboxylic acids is 2. The standard InChI is InChI=1S/C20H22N2O4/c1-22-16-8-5-4-7-13(16)11-15(20(22)24)21-19(23)12-14-17(25-2)9-6-10-18(14)26-3/h4-10,15H,11-12H2,1-3H3,(H,21,23). The zero-order valence-corrected chi connectivity index (χ0v) is 15.1. The van der Waals surface area contributed by atoms with Crippen molar-refractivity contribution in [3.05, 3.63) is 53.6 Å². The molecule has 2 aromatic carbocycles. The Kier molecular flexibility index (Phi) is 5.11. The Bertz CT molecular complexity index is 812. The van der Waals surface area contributed by atoms with Crippen LogP contribution in [0.5, 0.6) is 11.5 Å². The van der Waals surface area contributed by atoms with Gasteiger partial charge in [-0.15, -0.1) is 0 Å². The molecule has 0 saturated carbocycles. The van der Waals surface area contributed by atoms with Gasteiger partial charge in [0.1, 0.15) is 17.5 Å². The fraction of sp³-hybridized carbons (Fsp3) is 0.300. The molecule has 0 bridgehead atoms. The lowest BCUT2D eigenvalue weighted by atomic mass is 9.97. The first-order valence-corrected chi connectivity index (χ1v) is 8.40. The Balaban J connectivity index is 1.76. The zero-order chi connectivity index (χ0) is 18.7. The quantitative estimate of drug-likeness (QED) is 0.891. The van der Waals surface area contributed by atoms with E-state index in [1.807, 2.05) is 24.3 Å². The smallest absolute Gasteiger partial charge is 0.249 e. The number of hydrogen-bond donors (Lipinski definition) is 1. The number of benzene rings is 2. The van der Waals surface area contributed by atoms with Crippen molar-refractivity contribution >= 4 is 17.5 Å². The summed E-state index contributed by atoms with van der Waals surface area (Å²) in [5, 5.41) is 2.85. The molecular formula is C20H22N2O4. The minimum absolute atomic E-state index is 0.0718.